The second kappa shape index (κ2) is 16.6. The standard InChI is InChI=1S/C63H40B2N4S/c1-4-21-41(22-5-1)61-66-62(42-23-6-2-7-24-42)68-63(67-61)48-31-20-30-47(60(48)65-53-34-15-13-32-51(53)64(43-25-8-3-9-26-43)52-33-14-16-35-54(52)65)44-27-10-17-36-55(44)69-56-37-18-11-28-45(56)49-40-59-50(39-57(49)69)46-29-12-19-38-58(46)70-59/h1-40H. The Balaban J connectivity index is 1.09. The summed E-state index contributed by atoms with van der Waals surface area (Å²) < 4.78 is 5.10. The number of nitrogens with zero attached hydrogens (tertiary/aromatic N) is 4. The number of hydrogen-bond acceptors (Lipinski definition) is 4. The van der Waals surface area contributed by atoms with Crippen LogP contribution in [0.2, 0.25) is 0 Å². The summed E-state index contributed by atoms with van der Waals surface area (Å²) in [6.07, 6.45) is 0. The molecule has 0 saturated carbocycles. The molecule has 0 unspecified atom stereocenters. The number of thiophene rings is 1. The highest BCUT2D eigenvalue weighted by molar-refractivity contribution is 7.25. The van der Waals surface area contributed by atoms with Crippen LogP contribution in [-0.2, 0) is 0 Å². The average molecular weight is 907 g/mol. The maximum absolute atomic E-state index is 5.44. The van der Waals surface area contributed by atoms with Crippen LogP contribution >= 0.6 is 11.3 Å². The maximum atomic E-state index is 5.44. The molecule has 0 atom stereocenters. The van der Waals surface area contributed by atoms with Crippen molar-refractivity contribution in [2.24, 2.45) is 0 Å². The summed E-state index contributed by atoms with van der Waals surface area (Å²) in [5, 5.41) is 5.04. The summed E-state index contributed by atoms with van der Waals surface area (Å²) in [7, 11) is 0. The Kier molecular flexibility index (Phi) is 9.56. The van der Waals surface area contributed by atoms with Crippen LogP contribution in [0.5, 0.6) is 0 Å². The minimum absolute atomic E-state index is 0.0573. The Morgan fingerprint density at radius 3 is 1.53 bits per heavy atom. The van der Waals surface area contributed by atoms with E-state index in [0.29, 0.717) is 17.5 Å². The number of benzene rings is 10. The van der Waals surface area contributed by atoms with Crippen LogP contribution in [-0.4, -0.2) is 32.9 Å². The molecule has 14 rings (SSSR count). The van der Waals surface area contributed by atoms with Gasteiger partial charge in [-0.25, -0.2) is 15.0 Å². The van der Waals surface area contributed by atoms with E-state index in [4.69, 9.17) is 15.0 Å². The molecule has 3 aromatic heterocycles. The minimum Gasteiger partial charge on any atom is -0.309 e. The third kappa shape index (κ3) is 6.50. The lowest BCUT2D eigenvalue weighted by Gasteiger charge is -2.34. The molecular weight excluding hydrogens is 866 g/mol. The number of para-hydroxylation sites is 2. The van der Waals surface area contributed by atoms with Crippen molar-refractivity contribution in [3.8, 4) is 51.0 Å². The van der Waals surface area contributed by atoms with E-state index in [1.54, 1.807) is 0 Å². The van der Waals surface area contributed by atoms with Gasteiger partial charge in [-0.1, -0.05) is 245 Å². The molecule has 1 aliphatic heterocycles. The first-order valence-corrected chi connectivity index (χ1v) is 24.7. The second-order valence-electron chi connectivity index (χ2n) is 18.2. The van der Waals surface area contributed by atoms with Crippen molar-refractivity contribution in [2.45, 2.75) is 0 Å². The van der Waals surface area contributed by atoms with E-state index in [-0.39, 0.29) is 13.4 Å². The molecule has 0 saturated heterocycles. The molecule has 0 N–H and O–H groups in total. The van der Waals surface area contributed by atoms with Gasteiger partial charge in [-0.15, -0.1) is 11.3 Å². The molecular formula is C63H40B2N4S. The summed E-state index contributed by atoms with van der Waals surface area (Å²) in [5.74, 6) is 1.89. The Hall–Kier alpha value is -8.64. The lowest BCUT2D eigenvalue weighted by atomic mass is 9.20. The van der Waals surface area contributed by atoms with Crippen LogP contribution in [0.25, 0.3) is 93.0 Å². The lowest BCUT2D eigenvalue weighted by Crippen LogP contribution is -2.75. The van der Waals surface area contributed by atoms with E-state index >= 15 is 0 Å². The van der Waals surface area contributed by atoms with Gasteiger partial charge in [0.05, 0.1) is 16.7 Å². The van der Waals surface area contributed by atoms with E-state index in [0.717, 1.165) is 39.0 Å². The summed E-state index contributed by atoms with van der Waals surface area (Å²) in [6.45, 7) is -0.124. The zero-order valence-electron chi connectivity index (χ0n) is 37.9. The fourth-order valence-corrected chi connectivity index (χ4v) is 12.4. The predicted molar refractivity (Wildman–Crippen MR) is 297 cm³/mol. The van der Waals surface area contributed by atoms with Crippen molar-refractivity contribution < 1.29 is 0 Å². The number of fused-ring (bicyclic) bond motifs is 8. The maximum Gasteiger partial charge on any atom is 0.241 e. The topological polar surface area (TPSA) is 43.6 Å². The SMILES string of the molecule is c1ccc(B2c3ccccc3B(c3c(-c4nc(-c5ccccc5)nc(-c5ccccc5)n4)cccc3-c3ccccc3-n3c4ccccc4c4cc5sc6ccccc6c5cc43)c3ccccc32)cc1. The predicted octanol–water partition coefficient (Wildman–Crippen LogP) is 11.4. The first-order chi connectivity index (χ1) is 34.7. The van der Waals surface area contributed by atoms with Gasteiger partial charge in [0, 0.05) is 53.2 Å². The molecule has 0 radical (unpaired) electrons. The molecule has 0 aliphatic carbocycles. The van der Waals surface area contributed by atoms with E-state index < -0.39 is 0 Å². The summed E-state index contributed by atoms with van der Waals surface area (Å²) in [4.78, 5) is 16.0. The van der Waals surface area contributed by atoms with Crippen LogP contribution in [0.15, 0.2) is 243 Å². The molecule has 0 spiro atoms. The van der Waals surface area contributed by atoms with Crippen molar-refractivity contribution in [2.75, 3.05) is 0 Å². The highest BCUT2D eigenvalue weighted by Crippen LogP contribution is 2.42. The first kappa shape index (κ1) is 40.4. The molecule has 324 valence electrons. The molecule has 0 bridgehead atoms. The lowest BCUT2D eigenvalue weighted by molar-refractivity contribution is 1.08. The van der Waals surface area contributed by atoms with E-state index in [1.807, 2.05) is 47.7 Å². The quantitative estimate of drug-likeness (QED) is 0.150. The van der Waals surface area contributed by atoms with Gasteiger partial charge >= 0.3 is 0 Å². The number of aromatic nitrogens is 4. The zero-order valence-corrected chi connectivity index (χ0v) is 38.8. The molecule has 0 fully saturated rings. The van der Waals surface area contributed by atoms with Crippen molar-refractivity contribution in [1.29, 1.82) is 0 Å². The molecule has 1 aliphatic rings. The minimum atomic E-state index is -0.182. The first-order valence-electron chi connectivity index (χ1n) is 23.9. The van der Waals surface area contributed by atoms with Gasteiger partial charge < -0.3 is 4.57 Å². The molecule has 13 aromatic rings. The van der Waals surface area contributed by atoms with Gasteiger partial charge in [0.2, 0.25) is 13.4 Å². The Bertz CT molecular complexity index is 4040. The van der Waals surface area contributed by atoms with Gasteiger partial charge in [-0.05, 0) is 35.9 Å². The van der Waals surface area contributed by atoms with Crippen LogP contribution in [0.1, 0.15) is 0 Å². The largest absolute Gasteiger partial charge is 0.309 e. The van der Waals surface area contributed by atoms with E-state index in [2.05, 4.69) is 211 Å². The van der Waals surface area contributed by atoms with E-state index in [9.17, 15) is 0 Å². The van der Waals surface area contributed by atoms with Crippen LogP contribution in [0.4, 0.5) is 0 Å². The number of hydrogen-bond donors (Lipinski definition) is 0. The normalized spacial score (nSPS) is 12.2. The summed E-state index contributed by atoms with van der Waals surface area (Å²) in [6, 6.07) is 87.9. The van der Waals surface area contributed by atoms with Crippen LogP contribution in [0.3, 0.4) is 0 Å². The van der Waals surface area contributed by atoms with Crippen molar-refractivity contribution in [1.82, 2.24) is 19.5 Å². The zero-order chi connectivity index (χ0) is 46.1. The molecule has 7 heteroatoms. The monoisotopic (exact) mass is 906 g/mol. The molecule has 4 heterocycles. The summed E-state index contributed by atoms with van der Waals surface area (Å²) >= 11 is 1.87. The van der Waals surface area contributed by atoms with Crippen LogP contribution in [0, 0.1) is 0 Å². The number of rotatable bonds is 7. The molecule has 0 amide bonds. The molecule has 10 aromatic carbocycles. The summed E-state index contributed by atoms with van der Waals surface area (Å²) in [5.41, 5.74) is 16.1. The smallest absolute Gasteiger partial charge is 0.241 e. The Morgan fingerprint density at radius 1 is 0.329 bits per heavy atom. The van der Waals surface area contributed by atoms with Gasteiger partial charge in [-0.3, -0.25) is 0 Å². The van der Waals surface area contributed by atoms with Crippen molar-refractivity contribution >= 4 is 99.5 Å². The molecule has 70 heavy (non-hydrogen) atoms. The van der Waals surface area contributed by atoms with Crippen LogP contribution < -0.4 is 32.8 Å². The van der Waals surface area contributed by atoms with Gasteiger partial charge in [0.15, 0.2) is 17.5 Å². The Morgan fingerprint density at radius 2 is 0.843 bits per heavy atom. The van der Waals surface area contributed by atoms with Gasteiger partial charge in [0.1, 0.15) is 0 Å². The fourth-order valence-electron chi connectivity index (χ4n) is 11.3. The van der Waals surface area contributed by atoms with E-state index in [1.165, 1.54) is 69.3 Å². The van der Waals surface area contributed by atoms with Gasteiger partial charge in [0.25, 0.3) is 0 Å². The van der Waals surface area contributed by atoms with Crippen molar-refractivity contribution in [3.05, 3.63) is 243 Å². The highest BCUT2D eigenvalue weighted by atomic mass is 32.1. The fraction of sp³-hybridized carbons (Fsp3) is 0. The average Bonchev–Trinajstić information content (AvgIpc) is 3.96. The third-order valence-corrected chi connectivity index (χ3v) is 15.4. The molecule has 4 nitrogen and oxygen atoms in total. The van der Waals surface area contributed by atoms with Crippen molar-refractivity contribution in [3.63, 3.8) is 0 Å². The Labute approximate surface area is 410 Å². The van der Waals surface area contributed by atoms with Gasteiger partial charge in [-0.2, -0.15) is 0 Å². The highest BCUT2D eigenvalue weighted by Gasteiger charge is 2.40. The third-order valence-electron chi connectivity index (χ3n) is 14.3. The second-order valence-corrected chi connectivity index (χ2v) is 19.3.